The third kappa shape index (κ3) is 7.97. The van der Waals surface area contributed by atoms with Crippen LogP contribution in [0.4, 0.5) is 5.69 Å². The summed E-state index contributed by atoms with van der Waals surface area (Å²) in [7, 11) is 5.71. The van der Waals surface area contributed by atoms with Crippen molar-refractivity contribution >= 4 is 46.4 Å². The van der Waals surface area contributed by atoms with E-state index in [9.17, 15) is 9.59 Å². The van der Waals surface area contributed by atoms with Crippen LogP contribution in [0.15, 0.2) is 23.3 Å². The molecule has 0 aliphatic carbocycles. The fraction of sp³-hybridized carbons (Fsp3) is 0.400. The van der Waals surface area contributed by atoms with E-state index in [0.29, 0.717) is 32.5 Å². The van der Waals surface area contributed by atoms with E-state index < -0.39 is 0 Å². The summed E-state index contributed by atoms with van der Waals surface area (Å²) < 4.78 is 0.498. The Hall–Kier alpha value is -1.63. The summed E-state index contributed by atoms with van der Waals surface area (Å²) in [5, 5.41) is 7.39. The van der Waals surface area contributed by atoms with E-state index in [1.54, 1.807) is 25.1 Å². The molecular formula is C15H21Cl2N4O2+. The second-order valence-corrected chi connectivity index (χ2v) is 7.00. The van der Waals surface area contributed by atoms with E-state index in [2.05, 4.69) is 15.8 Å². The number of halogens is 2. The van der Waals surface area contributed by atoms with Crippen LogP contribution in [0.25, 0.3) is 0 Å². The van der Waals surface area contributed by atoms with Crippen molar-refractivity contribution in [2.45, 2.75) is 13.3 Å². The molecule has 2 amide bonds. The van der Waals surface area contributed by atoms with Gasteiger partial charge in [-0.25, -0.2) is 5.43 Å². The highest BCUT2D eigenvalue weighted by Gasteiger charge is 2.13. The van der Waals surface area contributed by atoms with E-state index in [1.807, 2.05) is 21.1 Å². The normalized spacial score (nSPS) is 12.0. The molecule has 0 atom stereocenters. The van der Waals surface area contributed by atoms with E-state index in [4.69, 9.17) is 23.2 Å². The van der Waals surface area contributed by atoms with Crippen LogP contribution >= 0.6 is 23.2 Å². The number of amides is 2. The van der Waals surface area contributed by atoms with Crippen molar-refractivity contribution in [1.29, 1.82) is 0 Å². The first-order valence-corrected chi connectivity index (χ1v) is 7.70. The molecule has 0 unspecified atom stereocenters. The van der Waals surface area contributed by atoms with Crippen molar-refractivity contribution in [3.63, 3.8) is 0 Å². The molecule has 6 nitrogen and oxygen atoms in total. The first kappa shape index (κ1) is 19.4. The van der Waals surface area contributed by atoms with Gasteiger partial charge in [0.25, 0.3) is 5.91 Å². The summed E-state index contributed by atoms with van der Waals surface area (Å²) in [5.41, 5.74) is 3.48. The molecule has 8 heteroatoms. The zero-order valence-corrected chi connectivity index (χ0v) is 15.1. The maximum atomic E-state index is 11.9. The molecular weight excluding hydrogens is 339 g/mol. The Morgan fingerprint density at radius 1 is 1.13 bits per heavy atom. The number of quaternary nitrogens is 1. The summed E-state index contributed by atoms with van der Waals surface area (Å²) in [4.78, 5) is 23.6. The molecule has 0 saturated heterocycles. The van der Waals surface area contributed by atoms with Crippen LogP contribution in [0, 0.1) is 0 Å². The molecule has 1 aromatic carbocycles. The maximum Gasteiger partial charge on any atom is 0.295 e. The third-order valence-corrected chi connectivity index (χ3v) is 3.35. The number of likely N-dealkylation sites (N-methyl/N-ethyl adjacent to an activating group) is 1. The van der Waals surface area contributed by atoms with Crippen molar-refractivity contribution in [3.8, 4) is 0 Å². The van der Waals surface area contributed by atoms with Gasteiger partial charge in [0.15, 0.2) is 6.54 Å². The summed E-state index contributed by atoms with van der Waals surface area (Å²) in [6, 6.07) is 4.82. The Bertz CT molecular complexity index is 624. The zero-order valence-electron chi connectivity index (χ0n) is 13.6. The largest absolute Gasteiger partial charge is 0.326 e. The van der Waals surface area contributed by atoms with Crippen molar-refractivity contribution in [1.82, 2.24) is 5.43 Å². The standard InChI is InChI=1S/C15H20Cl2N4O2/c1-10(19-20-15(23)9-21(2,3)4)7-14(22)18-11-5-6-12(16)13(17)8-11/h5-6,8H,7,9H2,1-4H3,(H-,18,20,22,23)/p+1/b19-10-. The van der Waals surface area contributed by atoms with Crippen LogP contribution in [-0.4, -0.2) is 49.7 Å². The third-order valence-electron chi connectivity index (χ3n) is 2.61. The van der Waals surface area contributed by atoms with Gasteiger partial charge in [-0.15, -0.1) is 0 Å². The summed E-state index contributed by atoms with van der Waals surface area (Å²) >= 11 is 11.7. The second kappa shape index (κ2) is 8.29. The molecule has 0 radical (unpaired) electrons. The lowest BCUT2D eigenvalue weighted by Gasteiger charge is -2.22. The number of hydrazone groups is 1. The van der Waals surface area contributed by atoms with Crippen LogP contribution < -0.4 is 10.7 Å². The minimum Gasteiger partial charge on any atom is -0.326 e. The monoisotopic (exact) mass is 359 g/mol. The van der Waals surface area contributed by atoms with Gasteiger partial charge in [0.2, 0.25) is 5.91 Å². The fourth-order valence-electron chi connectivity index (χ4n) is 1.67. The minimum absolute atomic E-state index is 0.0604. The molecule has 0 aromatic heterocycles. The van der Waals surface area contributed by atoms with Crippen LogP contribution in [0.5, 0.6) is 0 Å². The van der Waals surface area contributed by atoms with Crippen molar-refractivity contribution in [2.24, 2.45) is 5.10 Å². The zero-order chi connectivity index (χ0) is 17.6. The quantitative estimate of drug-likeness (QED) is 0.465. The van der Waals surface area contributed by atoms with Crippen LogP contribution in [-0.2, 0) is 9.59 Å². The fourth-order valence-corrected chi connectivity index (χ4v) is 1.97. The lowest BCUT2D eigenvalue weighted by molar-refractivity contribution is -0.862. The molecule has 0 aliphatic rings. The Balaban J connectivity index is 2.51. The summed E-state index contributed by atoms with van der Waals surface area (Å²) in [5.74, 6) is -0.466. The average Bonchev–Trinajstić information content (AvgIpc) is 2.38. The second-order valence-electron chi connectivity index (χ2n) is 6.18. The van der Waals surface area contributed by atoms with E-state index in [-0.39, 0.29) is 18.2 Å². The molecule has 0 heterocycles. The number of nitrogens with zero attached hydrogens (tertiary/aromatic N) is 2. The Kier molecular flexibility index (Phi) is 7.00. The highest BCUT2D eigenvalue weighted by Crippen LogP contribution is 2.24. The highest BCUT2D eigenvalue weighted by molar-refractivity contribution is 6.42. The Morgan fingerprint density at radius 3 is 2.35 bits per heavy atom. The number of carbonyl (C=O) groups excluding carboxylic acids is 2. The Labute approximate surface area is 146 Å². The maximum absolute atomic E-state index is 11.9. The molecule has 0 aliphatic heterocycles. The molecule has 126 valence electrons. The Morgan fingerprint density at radius 2 is 1.78 bits per heavy atom. The molecule has 1 rings (SSSR count). The smallest absolute Gasteiger partial charge is 0.295 e. The summed E-state index contributed by atoms with van der Waals surface area (Å²) in [6.45, 7) is 1.97. The molecule has 0 spiro atoms. The first-order chi connectivity index (χ1) is 10.6. The predicted octanol–water partition coefficient (Wildman–Crippen LogP) is 2.52. The molecule has 23 heavy (non-hydrogen) atoms. The van der Waals surface area contributed by atoms with Gasteiger partial charge >= 0.3 is 0 Å². The molecule has 0 bridgehead atoms. The molecule has 1 aromatic rings. The molecule has 0 fully saturated rings. The lowest BCUT2D eigenvalue weighted by atomic mass is 10.2. The topological polar surface area (TPSA) is 70.6 Å². The lowest BCUT2D eigenvalue weighted by Crippen LogP contribution is -2.43. The van der Waals surface area contributed by atoms with Crippen LogP contribution in [0.3, 0.4) is 0 Å². The van der Waals surface area contributed by atoms with Gasteiger partial charge in [-0.2, -0.15) is 5.10 Å². The van der Waals surface area contributed by atoms with Gasteiger partial charge in [-0.1, -0.05) is 23.2 Å². The van der Waals surface area contributed by atoms with Crippen molar-refractivity contribution in [3.05, 3.63) is 28.2 Å². The number of carbonyl (C=O) groups is 2. The predicted molar refractivity (Wildman–Crippen MR) is 93.9 cm³/mol. The van der Waals surface area contributed by atoms with Gasteiger partial charge in [-0.3, -0.25) is 9.59 Å². The molecule has 0 saturated carbocycles. The van der Waals surface area contributed by atoms with Gasteiger partial charge < -0.3 is 9.80 Å². The van der Waals surface area contributed by atoms with Crippen LogP contribution in [0.2, 0.25) is 10.0 Å². The van der Waals surface area contributed by atoms with E-state index in [1.165, 1.54) is 0 Å². The van der Waals surface area contributed by atoms with Crippen LogP contribution in [0.1, 0.15) is 13.3 Å². The van der Waals surface area contributed by atoms with E-state index in [0.717, 1.165) is 0 Å². The van der Waals surface area contributed by atoms with Gasteiger partial charge in [0, 0.05) is 11.4 Å². The minimum atomic E-state index is -0.259. The van der Waals surface area contributed by atoms with Gasteiger partial charge in [0.05, 0.1) is 37.6 Å². The highest BCUT2D eigenvalue weighted by atomic mass is 35.5. The average molecular weight is 360 g/mol. The van der Waals surface area contributed by atoms with Crippen molar-refractivity contribution < 1.29 is 14.1 Å². The first-order valence-electron chi connectivity index (χ1n) is 6.94. The number of anilines is 1. The molecule has 2 N–H and O–H groups in total. The van der Waals surface area contributed by atoms with E-state index >= 15 is 0 Å². The number of rotatable bonds is 6. The number of hydrogen-bond acceptors (Lipinski definition) is 3. The summed E-state index contributed by atoms with van der Waals surface area (Å²) in [6.07, 6.45) is 0.0604. The van der Waals surface area contributed by atoms with Gasteiger partial charge in [-0.05, 0) is 25.1 Å². The van der Waals surface area contributed by atoms with Crippen molar-refractivity contribution in [2.75, 3.05) is 33.0 Å². The SMILES string of the molecule is C/C(CC(=O)Nc1ccc(Cl)c(Cl)c1)=N/NC(=O)C[N+](C)(C)C. The van der Waals surface area contributed by atoms with Gasteiger partial charge in [0.1, 0.15) is 0 Å². The number of nitrogens with one attached hydrogen (secondary N) is 2. The number of hydrogen-bond donors (Lipinski definition) is 2. The number of benzene rings is 1.